The Morgan fingerprint density at radius 2 is 1.62 bits per heavy atom. The molecule has 0 aliphatic heterocycles. The first-order valence-corrected chi connectivity index (χ1v) is 8.52. The number of carbonyl (C=O) groups excluding carboxylic acids is 1. The van der Waals surface area contributed by atoms with Crippen LogP contribution in [0.5, 0.6) is 17.2 Å². The van der Waals surface area contributed by atoms with E-state index in [9.17, 15) is 4.79 Å². The van der Waals surface area contributed by atoms with Gasteiger partial charge in [0.25, 0.3) is 0 Å². The molecule has 0 aromatic heterocycles. The van der Waals surface area contributed by atoms with E-state index >= 15 is 0 Å². The van der Waals surface area contributed by atoms with Gasteiger partial charge in [-0.15, -0.1) is 11.8 Å². The van der Waals surface area contributed by atoms with Crippen molar-refractivity contribution in [3.8, 4) is 17.2 Å². The van der Waals surface area contributed by atoms with Crippen molar-refractivity contribution in [2.45, 2.75) is 4.90 Å². The van der Waals surface area contributed by atoms with Crippen molar-refractivity contribution in [1.29, 1.82) is 0 Å². The standard InChI is InChI=1S/C19H20O4S/c1-21-14-11-16(22-2)19(17(12-14)23-3)15(20)10-9-13-7-5-6-8-18(13)24-4/h5-12H,1-4H3/b10-9+. The number of thioether (sulfide) groups is 1. The maximum absolute atomic E-state index is 12.7. The van der Waals surface area contributed by atoms with E-state index in [1.165, 1.54) is 20.3 Å². The zero-order valence-corrected chi connectivity index (χ0v) is 15.0. The lowest BCUT2D eigenvalue weighted by Gasteiger charge is -2.13. The largest absolute Gasteiger partial charge is 0.496 e. The SMILES string of the molecule is COc1cc(OC)c(C(=O)/C=C/c2ccccc2SC)c(OC)c1. The van der Waals surface area contributed by atoms with Gasteiger partial charge in [0.1, 0.15) is 22.8 Å². The minimum Gasteiger partial charge on any atom is -0.496 e. The number of ether oxygens (including phenoxy) is 3. The summed E-state index contributed by atoms with van der Waals surface area (Å²) in [5.74, 6) is 1.21. The minimum atomic E-state index is -0.192. The second-order valence-corrected chi connectivity index (χ2v) is 5.69. The average molecular weight is 344 g/mol. The molecular weight excluding hydrogens is 324 g/mol. The first kappa shape index (κ1) is 17.9. The van der Waals surface area contributed by atoms with Gasteiger partial charge >= 0.3 is 0 Å². The van der Waals surface area contributed by atoms with Crippen LogP contribution in [0, 0.1) is 0 Å². The van der Waals surface area contributed by atoms with E-state index in [-0.39, 0.29) is 5.78 Å². The van der Waals surface area contributed by atoms with Crippen molar-refractivity contribution in [3.63, 3.8) is 0 Å². The van der Waals surface area contributed by atoms with Crippen LogP contribution in [0.2, 0.25) is 0 Å². The zero-order valence-electron chi connectivity index (χ0n) is 14.2. The summed E-state index contributed by atoms with van der Waals surface area (Å²) in [6.45, 7) is 0. The van der Waals surface area contributed by atoms with Crippen molar-refractivity contribution in [1.82, 2.24) is 0 Å². The number of benzene rings is 2. The van der Waals surface area contributed by atoms with Crippen LogP contribution in [0.1, 0.15) is 15.9 Å². The molecule has 24 heavy (non-hydrogen) atoms. The molecule has 0 bridgehead atoms. The van der Waals surface area contributed by atoms with Crippen molar-refractivity contribution in [2.24, 2.45) is 0 Å². The van der Waals surface area contributed by atoms with Crippen LogP contribution in [-0.2, 0) is 0 Å². The van der Waals surface area contributed by atoms with Crippen molar-refractivity contribution >= 4 is 23.6 Å². The number of carbonyl (C=O) groups is 1. The topological polar surface area (TPSA) is 44.8 Å². The van der Waals surface area contributed by atoms with Crippen LogP contribution in [0.4, 0.5) is 0 Å². The summed E-state index contributed by atoms with van der Waals surface area (Å²) in [5, 5.41) is 0. The molecule has 0 N–H and O–H groups in total. The molecule has 0 unspecified atom stereocenters. The number of ketones is 1. The molecule has 0 amide bonds. The summed E-state index contributed by atoms with van der Waals surface area (Å²) in [4.78, 5) is 13.8. The Kier molecular flexibility index (Phi) is 6.32. The molecule has 0 atom stereocenters. The molecule has 0 heterocycles. The summed E-state index contributed by atoms with van der Waals surface area (Å²) in [6, 6.07) is 11.2. The maximum Gasteiger partial charge on any atom is 0.193 e. The van der Waals surface area contributed by atoms with Gasteiger partial charge in [-0.3, -0.25) is 4.79 Å². The van der Waals surface area contributed by atoms with E-state index in [0.29, 0.717) is 22.8 Å². The summed E-state index contributed by atoms with van der Waals surface area (Å²) < 4.78 is 15.9. The van der Waals surface area contributed by atoms with Gasteiger partial charge < -0.3 is 14.2 Å². The normalized spacial score (nSPS) is 10.7. The van der Waals surface area contributed by atoms with Crippen LogP contribution in [-0.4, -0.2) is 33.4 Å². The Hall–Kier alpha value is -2.40. The second kappa shape index (κ2) is 8.45. The highest BCUT2D eigenvalue weighted by Gasteiger charge is 2.18. The van der Waals surface area contributed by atoms with E-state index in [1.807, 2.05) is 30.5 Å². The highest BCUT2D eigenvalue weighted by molar-refractivity contribution is 7.98. The quantitative estimate of drug-likeness (QED) is 0.425. The van der Waals surface area contributed by atoms with Crippen LogP contribution in [0.25, 0.3) is 6.08 Å². The predicted molar refractivity (Wildman–Crippen MR) is 97.7 cm³/mol. The Labute approximate surface area is 146 Å². The highest BCUT2D eigenvalue weighted by atomic mass is 32.2. The minimum absolute atomic E-state index is 0.192. The van der Waals surface area contributed by atoms with Gasteiger partial charge in [0, 0.05) is 17.0 Å². The zero-order chi connectivity index (χ0) is 17.5. The average Bonchev–Trinajstić information content (AvgIpc) is 2.64. The van der Waals surface area contributed by atoms with Gasteiger partial charge in [-0.05, 0) is 30.0 Å². The lowest BCUT2D eigenvalue weighted by molar-refractivity contribution is 0.104. The fourth-order valence-corrected chi connectivity index (χ4v) is 2.89. The van der Waals surface area contributed by atoms with Gasteiger partial charge in [0.2, 0.25) is 0 Å². The molecule has 0 aliphatic rings. The van der Waals surface area contributed by atoms with Crippen LogP contribution < -0.4 is 14.2 Å². The third-order valence-corrected chi connectivity index (χ3v) is 4.33. The van der Waals surface area contributed by atoms with E-state index in [1.54, 1.807) is 37.1 Å². The predicted octanol–water partition coefficient (Wildman–Crippen LogP) is 4.33. The molecule has 126 valence electrons. The van der Waals surface area contributed by atoms with Gasteiger partial charge in [-0.25, -0.2) is 0 Å². The van der Waals surface area contributed by atoms with Crippen LogP contribution in [0.15, 0.2) is 47.4 Å². The Bertz CT molecular complexity index is 728. The summed E-state index contributed by atoms with van der Waals surface area (Å²) in [6.07, 6.45) is 5.34. The number of methoxy groups -OCH3 is 3. The van der Waals surface area contributed by atoms with E-state index in [4.69, 9.17) is 14.2 Å². The monoisotopic (exact) mass is 344 g/mol. The Balaban J connectivity index is 2.40. The molecule has 0 fully saturated rings. The first-order valence-electron chi connectivity index (χ1n) is 7.30. The number of allylic oxidation sites excluding steroid dienone is 1. The van der Waals surface area contributed by atoms with Crippen LogP contribution >= 0.6 is 11.8 Å². The second-order valence-electron chi connectivity index (χ2n) is 4.85. The maximum atomic E-state index is 12.7. The fourth-order valence-electron chi connectivity index (χ4n) is 2.30. The molecule has 2 rings (SSSR count). The summed E-state index contributed by atoms with van der Waals surface area (Å²) in [7, 11) is 4.57. The van der Waals surface area contributed by atoms with E-state index in [0.717, 1.165) is 10.5 Å². The number of hydrogen-bond acceptors (Lipinski definition) is 5. The molecule has 5 heteroatoms. The molecule has 0 spiro atoms. The highest BCUT2D eigenvalue weighted by Crippen LogP contribution is 2.34. The Morgan fingerprint density at radius 3 is 2.17 bits per heavy atom. The van der Waals surface area contributed by atoms with E-state index in [2.05, 4.69) is 0 Å². The molecule has 0 aliphatic carbocycles. The first-order chi connectivity index (χ1) is 11.6. The molecule has 2 aromatic carbocycles. The fraction of sp³-hybridized carbons (Fsp3) is 0.211. The molecule has 4 nitrogen and oxygen atoms in total. The van der Waals surface area contributed by atoms with Crippen LogP contribution in [0.3, 0.4) is 0 Å². The van der Waals surface area contributed by atoms with Gasteiger partial charge in [0.05, 0.1) is 21.3 Å². The van der Waals surface area contributed by atoms with Crippen molar-refractivity contribution < 1.29 is 19.0 Å². The Morgan fingerprint density at radius 1 is 1.00 bits per heavy atom. The number of hydrogen-bond donors (Lipinski definition) is 0. The van der Waals surface area contributed by atoms with E-state index < -0.39 is 0 Å². The van der Waals surface area contributed by atoms with Gasteiger partial charge in [0.15, 0.2) is 5.78 Å². The number of rotatable bonds is 7. The third kappa shape index (κ3) is 3.92. The molecule has 0 saturated heterocycles. The van der Waals surface area contributed by atoms with Crippen molar-refractivity contribution in [3.05, 3.63) is 53.6 Å². The molecule has 0 radical (unpaired) electrons. The molecule has 2 aromatic rings. The smallest absolute Gasteiger partial charge is 0.193 e. The lowest BCUT2D eigenvalue weighted by atomic mass is 10.1. The van der Waals surface area contributed by atoms with Gasteiger partial charge in [-0.2, -0.15) is 0 Å². The molecule has 0 saturated carbocycles. The summed E-state index contributed by atoms with van der Waals surface area (Å²) >= 11 is 1.63. The van der Waals surface area contributed by atoms with Gasteiger partial charge in [-0.1, -0.05) is 18.2 Å². The summed E-state index contributed by atoms with van der Waals surface area (Å²) in [5.41, 5.74) is 1.36. The lowest BCUT2D eigenvalue weighted by Crippen LogP contribution is -2.03. The van der Waals surface area contributed by atoms with Crippen molar-refractivity contribution in [2.75, 3.05) is 27.6 Å². The molecular formula is C19H20O4S. The third-order valence-electron chi connectivity index (χ3n) is 3.51.